The third-order valence-electron chi connectivity index (χ3n) is 4.96. The summed E-state index contributed by atoms with van der Waals surface area (Å²) >= 11 is 3.42. The summed E-state index contributed by atoms with van der Waals surface area (Å²) in [5.74, 6) is -1.58. The molecule has 0 radical (unpaired) electrons. The van der Waals surface area contributed by atoms with E-state index in [4.69, 9.17) is 4.74 Å². The molecule has 1 saturated heterocycles. The van der Waals surface area contributed by atoms with Gasteiger partial charge in [-0.2, -0.15) is 0 Å². The van der Waals surface area contributed by atoms with Crippen LogP contribution in [0.3, 0.4) is 0 Å². The van der Waals surface area contributed by atoms with Crippen molar-refractivity contribution in [2.24, 2.45) is 0 Å². The molecule has 1 aliphatic rings. The number of Topliss-reactive ketones (excluding diaryl/α,β-unsaturated/α-hetero) is 1. The number of benzene rings is 2. The summed E-state index contributed by atoms with van der Waals surface area (Å²) in [4.78, 5) is 27.2. The van der Waals surface area contributed by atoms with Crippen molar-refractivity contribution in [2.75, 3.05) is 13.2 Å². The van der Waals surface area contributed by atoms with Crippen molar-refractivity contribution in [1.82, 2.24) is 4.90 Å². The predicted octanol–water partition coefficient (Wildman–Crippen LogP) is 4.31. The molecule has 7 heteroatoms. The minimum absolute atomic E-state index is 0.0142. The van der Waals surface area contributed by atoms with E-state index < -0.39 is 17.7 Å². The van der Waals surface area contributed by atoms with E-state index in [0.717, 1.165) is 10.0 Å². The molecule has 1 fully saturated rings. The third kappa shape index (κ3) is 4.42. The standard InChI is InChI=1S/C23H24BrNO5/c1-13(2)30-11-10-25-20(15-4-7-17(26)8-5-15)19(22(28)23(25)29)21(27)16-6-9-18(24)14(3)12-16/h4-9,12-13,20,26-27H,10-11H2,1-3H3/b21-19-. The van der Waals surface area contributed by atoms with Crippen molar-refractivity contribution < 1.29 is 24.5 Å². The molecule has 1 unspecified atom stereocenters. The molecule has 30 heavy (non-hydrogen) atoms. The Morgan fingerprint density at radius 3 is 2.43 bits per heavy atom. The summed E-state index contributed by atoms with van der Waals surface area (Å²) in [6, 6.07) is 10.7. The van der Waals surface area contributed by atoms with Crippen LogP contribution in [0.5, 0.6) is 5.75 Å². The minimum Gasteiger partial charge on any atom is -0.508 e. The van der Waals surface area contributed by atoms with E-state index in [2.05, 4.69) is 15.9 Å². The van der Waals surface area contributed by atoms with Gasteiger partial charge in [-0.3, -0.25) is 9.59 Å². The molecule has 0 aromatic heterocycles. The van der Waals surface area contributed by atoms with Gasteiger partial charge in [-0.1, -0.05) is 34.1 Å². The van der Waals surface area contributed by atoms with E-state index in [1.807, 2.05) is 20.8 Å². The van der Waals surface area contributed by atoms with E-state index in [0.29, 0.717) is 11.1 Å². The fraction of sp³-hybridized carbons (Fsp3) is 0.304. The Hall–Kier alpha value is -2.64. The number of ether oxygens (including phenoxy) is 1. The van der Waals surface area contributed by atoms with Gasteiger partial charge in [-0.25, -0.2) is 0 Å². The molecule has 3 rings (SSSR count). The molecule has 2 aromatic carbocycles. The number of nitrogens with zero attached hydrogens (tertiary/aromatic N) is 1. The van der Waals surface area contributed by atoms with Crippen LogP contribution in [0.1, 0.15) is 36.6 Å². The SMILES string of the molecule is Cc1cc(/C(O)=C2/C(=O)C(=O)N(CCOC(C)C)C2c2ccc(O)cc2)ccc1Br. The topological polar surface area (TPSA) is 87.1 Å². The second-order valence-corrected chi connectivity index (χ2v) is 8.32. The Labute approximate surface area is 183 Å². The number of hydrogen-bond acceptors (Lipinski definition) is 5. The monoisotopic (exact) mass is 473 g/mol. The number of amides is 1. The first-order valence-corrected chi connectivity index (χ1v) is 10.5. The first-order chi connectivity index (χ1) is 14.2. The van der Waals surface area contributed by atoms with Gasteiger partial charge < -0.3 is 19.8 Å². The molecular formula is C23H24BrNO5. The Kier molecular flexibility index (Phi) is 6.63. The number of rotatable bonds is 6. The summed E-state index contributed by atoms with van der Waals surface area (Å²) in [5.41, 5.74) is 1.99. The lowest BCUT2D eigenvalue weighted by Crippen LogP contribution is -2.33. The van der Waals surface area contributed by atoms with Crippen LogP contribution in [0.2, 0.25) is 0 Å². The number of aliphatic hydroxyl groups excluding tert-OH is 1. The maximum atomic E-state index is 12.9. The number of aryl methyl sites for hydroxylation is 1. The Morgan fingerprint density at radius 2 is 1.83 bits per heavy atom. The number of aliphatic hydroxyl groups is 1. The molecule has 0 bridgehead atoms. The Morgan fingerprint density at radius 1 is 1.17 bits per heavy atom. The highest BCUT2D eigenvalue weighted by Crippen LogP contribution is 2.40. The quantitative estimate of drug-likeness (QED) is 0.370. The second-order valence-electron chi connectivity index (χ2n) is 7.47. The summed E-state index contributed by atoms with van der Waals surface area (Å²) in [6.45, 7) is 6.12. The van der Waals surface area contributed by atoms with Crippen LogP contribution < -0.4 is 0 Å². The zero-order chi connectivity index (χ0) is 22.0. The number of halogens is 1. The number of carbonyl (C=O) groups excluding carboxylic acids is 2. The minimum atomic E-state index is -0.773. The van der Waals surface area contributed by atoms with Gasteiger partial charge in [0.05, 0.1) is 24.3 Å². The van der Waals surface area contributed by atoms with Gasteiger partial charge in [0.15, 0.2) is 0 Å². The van der Waals surface area contributed by atoms with Gasteiger partial charge in [0.1, 0.15) is 11.5 Å². The van der Waals surface area contributed by atoms with E-state index in [1.54, 1.807) is 30.3 Å². The predicted molar refractivity (Wildman–Crippen MR) is 117 cm³/mol. The molecule has 0 spiro atoms. The van der Waals surface area contributed by atoms with E-state index in [1.165, 1.54) is 17.0 Å². The summed E-state index contributed by atoms with van der Waals surface area (Å²) in [5, 5.41) is 20.7. The molecular weight excluding hydrogens is 450 g/mol. The summed E-state index contributed by atoms with van der Waals surface area (Å²) in [7, 11) is 0. The summed E-state index contributed by atoms with van der Waals surface area (Å²) < 4.78 is 6.45. The normalized spacial score (nSPS) is 18.4. The van der Waals surface area contributed by atoms with Gasteiger partial charge in [-0.05, 0) is 56.2 Å². The molecule has 2 N–H and O–H groups in total. The number of ketones is 1. The zero-order valence-electron chi connectivity index (χ0n) is 17.1. The lowest BCUT2D eigenvalue weighted by atomic mass is 9.95. The largest absolute Gasteiger partial charge is 0.508 e. The van der Waals surface area contributed by atoms with Gasteiger partial charge in [0, 0.05) is 16.6 Å². The molecule has 0 saturated carbocycles. The fourth-order valence-electron chi connectivity index (χ4n) is 3.45. The van der Waals surface area contributed by atoms with E-state index >= 15 is 0 Å². The van der Waals surface area contributed by atoms with Gasteiger partial charge in [-0.15, -0.1) is 0 Å². The number of likely N-dealkylation sites (tertiary alicyclic amines) is 1. The highest BCUT2D eigenvalue weighted by molar-refractivity contribution is 9.10. The fourth-order valence-corrected chi connectivity index (χ4v) is 3.69. The van der Waals surface area contributed by atoms with Crippen molar-refractivity contribution in [3.05, 3.63) is 69.2 Å². The van der Waals surface area contributed by atoms with Crippen molar-refractivity contribution in [2.45, 2.75) is 32.9 Å². The smallest absolute Gasteiger partial charge is 0.295 e. The average molecular weight is 474 g/mol. The maximum absolute atomic E-state index is 12.9. The number of phenolic OH excluding ortho intramolecular Hbond substituents is 1. The number of phenols is 1. The maximum Gasteiger partial charge on any atom is 0.295 e. The Balaban J connectivity index is 2.10. The summed E-state index contributed by atoms with van der Waals surface area (Å²) in [6.07, 6.45) is -0.0142. The second kappa shape index (κ2) is 9.02. The molecule has 2 aromatic rings. The van der Waals surface area contributed by atoms with Crippen molar-refractivity contribution in [3.63, 3.8) is 0 Å². The molecule has 0 aliphatic carbocycles. The zero-order valence-corrected chi connectivity index (χ0v) is 18.6. The number of hydrogen-bond donors (Lipinski definition) is 2. The molecule has 1 atom stereocenters. The Bertz CT molecular complexity index is 997. The van der Waals surface area contributed by atoms with Crippen LogP contribution in [0, 0.1) is 6.92 Å². The van der Waals surface area contributed by atoms with E-state index in [9.17, 15) is 19.8 Å². The van der Waals surface area contributed by atoms with Gasteiger partial charge >= 0.3 is 0 Å². The van der Waals surface area contributed by atoms with Gasteiger partial charge in [0.25, 0.3) is 11.7 Å². The molecule has 1 heterocycles. The van der Waals surface area contributed by atoms with Crippen LogP contribution in [0.4, 0.5) is 0 Å². The van der Waals surface area contributed by atoms with Gasteiger partial charge in [0.2, 0.25) is 0 Å². The van der Waals surface area contributed by atoms with Crippen LogP contribution in [-0.4, -0.2) is 46.1 Å². The van der Waals surface area contributed by atoms with Crippen LogP contribution >= 0.6 is 15.9 Å². The molecule has 1 amide bonds. The third-order valence-corrected chi connectivity index (χ3v) is 5.85. The lowest BCUT2D eigenvalue weighted by molar-refractivity contribution is -0.140. The van der Waals surface area contributed by atoms with Crippen molar-refractivity contribution >= 4 is 33.4 Å². The highest BCUT2D eigenvalue weighted by atomic mass is 79.9. The number of carbonyl (C=O) groups is 2. The number of aromatic hydroxyl groups is 1. The van der Waals surface area contributed by atoms with Crippen LogP contribution in [0.25, 0.3) is 5.76 Å². The molecule has 6 nitrogen and oxygen atoms in total. The first kappa shape index (κ1) is 22.1. The van der Waals surface area contributed by atoms with Crippen LogP contribution in [-0.2, 0) is 14.3 Å². The lowest BCUT2D eigenvalue weighted by Gasteiger charge is -2.25. The van der Waals surface area contributed by atoms with Crippen LogP contribution in [0.15, 0.2) is 52.5 Å². The van der Waals surface area contributed by atoms with Crippen molar-refractivity contribution in [3.8, 4) is 5.75 Å². The first-order valence-electron chi connectivity index (χ1n) is 9.66. The highest BCUT2D eigenvalue weighted by Gasteiger charge is 2.45. The molecule has 1 aliphatic heterocycles. The van der Waals surface area contributed by atoms with Crippen molar-refractivity contribution in [1.29, 1.82) is 0 Å². The average Bonchev–Trinajstić information content (AvgIpc) is 2.95. The van der Waals surface area contributed by atoms with E-state index in [-0.39, 0.29) is 36.3 Å². The molecule has 158 valence electrons.